The molecule has 0 saturated carbocycles. The van der Waals surface area contributed by atoms with Gasteiger partial charge in [-0.1, -0.05) is 12.2 Å². The molecule has 11 heteroatoms. The highest BCUT2D eigenvalue weighted by Gasteiger charge is 2.34. The van der Waals surface area contributed by atoms with Gasteiger partial charge in [0.25, 0.3) is 0 Å². The predicted octanol–water partition coefficient (Wildman–Crippen LogP) is 0.179. The molecule has 3 N–H and O–H groups in total. The summed E-state index contributed by atoms with van der Waals surface area (Å²) in [6.07, 6.45) is -0.961. The highest BCUT2D eigenvalue weighted by Crippen LogP contribution is 2.29. The second-order valence-electron chi connectivity index (χ2n) is 6.59. The Hall–Kier alpha value is -2.95. The van der Waals surface area contributed by atoms with Gasteiger partial charge in [-0.2, -0.15) is 0 Å². The van der Waals surface area contributed by atoms with Crippen molar-refractivity contribution in [2.75, 3.05) is 42.6 Å². The summed E-state index contributed by atoms with van der Waals surface area (Å²) in [5.74, 6) is -1.53. The summed E-state index contributed by atoms with van der Waals surface area (Å²) in [4.78, 5) is 39.7. The molecule has 3 amide bonds. The van der Waals surface area contributed by atoms with Gasteiger partial charge in [-0.15, -0.1) is 0 Å². The van der Waals surface area contributed by atoms with Crippen LogP contribution in [0.4, 0.5) is 20.6 Å². The molecule has 0 aliphatic carbocycles. The van der Waals surface area contributed by atoms with Gasteiger partial charge in [-0.3, -0.25) is 14.5 Å². The number of thiocarbonyl (C=S) groups is 1. The van der Waals surface area contributed by atoms with Gasteiger partial charge in [0.1, 0.15) is 18.5 Å². The lowest BCUT2D eigenvalue weighted by molar-refractivity contribution is -0.131. The summed E-state index contributed by atoms with van der Waals surface area (Å²) in [5.41, 5.74) is 5.67. The summed E-state index contributed by atoms with van der Waals surface area (Å²) in [6.45, 7) is 2.16. The van der Waals surface area contributed by atoms with Crippen molar-refractivity contribution in [3.8, 4) is 0 Å². The molecule has 2 saturated heterocycles. The number of carbonyl (C=O) groups excluding carboxylic acids is 3. The van der Waals surface area contributed by atoms with Gasteiger partial charge in [0, 0.05) is 0 Å². The smallest absolute Gasteiger partial charge is 0.414 e. The molecule has 2 fully saturated rings. The maximum Gasteiger partial charge on any atom is 0.414 e. The van der Waals surface area contributed by atoms with E-state index < -0.39 is 23.9 Å². The molecular weight excluding hydrogens is 389 g/mol. The Morgan fingerprint density at radius 1 is 1.43 bits per heavy atom. The number of rotatable bonds is 6. The number of hydrogen-bond donors (Lipinski definition) is 2. The molecule has 28 heavy (non-hydrogen) atoms. The number of anilines is 2. The van der Waals surface area contributed by atoms with Crippen molar-refractivity contribution in [1.82, 2.24) is 10.2 Å². The fraction of sp³-hybridized carbons (Fsp3) is 0.412. The van der Waals surface area contributed by atoms with Crippen molar-refractivity contribution in [2.24, 2.45) is 5.73 Å². The zero-order valence-electron chi connectivity index (χ0n) is 15.2. The molecule has 2 aliphatic rings. The molecule has 1 aromatic carbocycles. The van der Waals surface area contributed by atoms with Crippen LogP contribution in [0.5, 0.6) is 0 Å². The average molecular weight is 409 g/mol. The van der Waals surface area contributed by atoms with Crippen molar-refractivity contribution >= 4 is 46.5 Å². The van der Waals surface area contributed by atoms with Crippen LogP contribution in [0, 0.1) is 5.82 Å². The average Bonchev–Trinajstić information content (AvgIpc) is 3.15. The van der Waals surface area contributed by atoms with Crippen LogP contribution in [0.25, 0.3) is 0 Å². The first kappa shape index (κ1) is 19.8. The third-order valence-electron chi connectivity index (χ3n) is 4.40. The van der Waals surface area contributed by atoms with Crippen LogP contribution in [0.15, 0.2) is 18.2 Å². The van der Waals surface area contributed by atoms with Crippen molar-refractivity contribution in [3.63, 3.8) is 0 Å². The molecule has 0 bridgehead atoms. The fourth-order valence-corrected chi connectivity index (χ4v) is 3.19. The Morgan fingerprint density at radius 3 is 2.82 bits per heavy atom. The van der Waals surface area contributed by atoms with E-state index >= 15 is 0 Å². The monoisotopic (exact) mass is 409 g/mol. The van der Waals surface area contributed by atoms with E-state index in [1.54, 1.807) is 13.0 Å². The lowest BCUT2D eigenvalue weighted by Gasteiger charge is -2.21. The summed E-state index contributed by atoms with van der Waals surface area (Å²) in [6, 6.07) is 4.30. The molecule has 150 valence electrons. The number of carbonyl (C=O) groups is 3. The maximum atomic E-state index is 14.7. The van der Waals surface area contributed by atoms with Crippen molar-refractivity contribution in [2.45, 2.75) is 13.0 Å². The highest BCUT2D eigenvalue weighted by molar-refractivity contribution is 7.80. The lowest BCUT2D eigenvalue weighted by atomic mass is 10.2. The van der Waals surface area contributed by atoms with Crippen LogP contribution >= 0.6 is 12.2 Å². The van der Waals surface area contributed by atoms with Crippen LogP contribution in [0.3, 0.4) is 0 Å². The van der Waals surface area contributed by atoms with Gasteiger partial charge < -0.3 is 25.6 Å². The van der Waals surface area contributed by atoms with Crippen LogP contribution < -0.4 is 20.9 Å². The molecule has 0 spiro atoms. The minimum atomic E-state index is -0.633. The number of hydrogen-bond acceptors (Lipinski definition) is 6. The van der Waals surface area contributed by atoms with Gasteiger partial charge in [-0.05, 0) is 25.1 Å². The number of primary amides is 1. The Bertz CT molecular complexity index is 836. The molecule has 1 aromatic rings. The second-order valence-corrected chi connectivity index (χ2v) is 7.20. The Kier molecular flexibility index (Phi) is 5.63. The van der Waals surface area contributed by atoms with Crippen LogP contribution in [0.1, 0.15) is 6.92 Å². The van der Waals surface area contributed by atoms with E-state index in [0.29, 0.717) is 17.2 Å². The van der Waals surface area contributed by atoms with Crippen LogP contribution in [-0.4, -0.2) is 66.7 Å². The van der Waals surface area contributed by atoms with E-state index in [4.69, 9.17) is 22.7 Å². The number of nitrogens with zero attached hydrogens (tertiary/aromatic N) is 3. The molecule has 0 radical (unpaired) electrons. The van der Waals surface area contributed by atoms with Gasteiger partial charge in [-0.25, -0.2) is 9.18 Å². The number of benzene rings is 1. The molecule has 2 aliphatic heterocycles. The van der Waals surface area contributed by atoms with Crippen LogP contribution in [-0.2, 0) is 14.3 Å². The quantitative estimate of drug-likeness (QED) is 0.645. The van der Waals surface area contributed by atoms with Crippen molar-refractivity contribution in [1.29, 1.82) is 0 Å². The second kappa shape index (κ2) is 7.97. The number of amides is 3. The standard InChI is InChI=1S/C17H20FN5O4S/c1-10(28)20-5-12-6-23(17(26)27-12)11-2-3-14(13(18)4-11)21-8-16(25)22(9-21)7-15(19)24/h2-4,12H,5-9H2,1H3,(H2,19,24)(H,20,28)/t12-/m0/s1. The fourth-order valence-electron chi connectivity index (χ4n) is 3.10. The molecule has 3 rings (SSSR count). The zero-order valence-corrected chi connectivity index (χ0v) is 16.0. The highest BCUT2D eigenvalue weighted by atomic mass is 32.1. The summed E-state index contributed by atoms with van der Waals surface area (Å²) < 4.78 is 19.9. The van der Waals surface area contributed by atoms with E-state index in [0.717, 1.165) is 0 Å². The Labute approximate surface area is 166 Å². The first-order valence-electron chi connectivity index (χ1n) is 8.57. The predicted molar refractivity (Wildman–Crippen MR) is 103 cm³/mol. The Balaban J connectivity index is 1.69. The normalized spacial score (nSPS) is 19.2. The Morgan fingerprint density at radius 2 is 2.18 bits per heavy atom. The summed E-state index contributed by atoms with van der Waals surface area (Å²) >= 11 is 4.93. The SMILES string of the molecule is CC(=S)NC[C@H]1CN(c2ccc(N3CC(=O)N(CC(N)=O)C3)c(F)c2)C(=O)O1. The lowest BCUT2D eigenvalue weighted by Crippen LogP contribution is -2.35. The number of nitrogens with two attached hydrogens (primary N) is 1. The first-order valence-corrected chi connectivity index (χ1v) is 8.98. The van der Waals surface area contributed by atoms with Gasteiger partial charge in [0.05, 0.1) is 42.7 Å². The van der Waals surface area contributed by atoms with E-state index in [1.807, 2.05) is 0 Å². The van der Waals surface area contributed by atoms with Gasteiger partial charge in [0.2, 0.25) is 11.8 Å². The minimum Gasteiger partial charge on any atom is -0.442 e. The van der Waals surface area contributed by atoms with E-state index in [9.17, 15) is 18.8 Å². The number of cyclic esters (lactones) is 1. The van der Waals surface area contributed by atoms with Gasteiger partial charge in [0.15, 0.2) is 0 Å². The summed E-state index contributed by atoms with van der Waals surface area (Å²) in [7, 11) is 0. The molecule has 0 unspecified atom stereocenters. The number of nitrogens with one attached hydrogen (secondary N) is 1. The molecule has 1 atom stereocenters. The van der Waals surface area contributed by atoms with Crippen LogP contribution in [0.2, 0.25) is 0 Å². The number of halogens is 1. The zero-order chi connectivity index (χ0) is 20.4. The topological polar surface area (TPSA) is 108 Å². The van der Waals surface area contributed by atoms with E-state index in [2.05, 4.69) is 5.32 Å². The van der Waals surface area contributed by atoms with Gasteiger partial charge >= 0.3 is 6.09 Å². The minimum absolute atomic E-state index is 0.0556. The first-order chi connectivity index (χ1) is 13.2. The maximum absolute atomic E-state index is 14.7. The largest absolute Gasteiger partial charge is 0.442 e. The van der Waals surface area contributed by atoms with Crippen molar-refractivity contribution < 1.29 is 23.5 Å². The third-order valence-corrected chi connectivity index (χ3v) is 4.55. The van der Waals surface area contributed by atoms with Crippen molar-refractivity contribution in [3.05, 3.63) is 24.0 Å². The molecule has 0 aromatic heterocycles. The third kappa shape index (κ3) is 4.30. The van der Waals surface area contributed by atoms with E-state index in [-0.39, 0.29) is 37.9 Å². The summed E-state index contributed by atoms with van der Waals surface area (Å²) in [5, 5.41) is 2.94. The molecule has 9 nitrogen and oxygen atoms in total. The molecular formula is C17H20FN5O4S. The molecule has 2 heterocycles. The number of ether oxygens (including phenoxy) is 1. The van der Waals surface area contributed by atoms with E-state index in [1.165, 1.54) is 26.8 Å².